The third kappa shape index (κ3) is 16.2. The summed E-state index contributed by atoms with van der Waals surface area (Å²) in [5.41, 5.74) is 0. The molecule has 34 heavy (non-hydrogen) atoms. The Morgan fingerprint density at radius 3 is 1.41 bits per heavy atom. The van der Waals surface area contributed by atoms with Gasteiger partial charge in [-0.2, -0.15) is 4.72 Å². The standard InChI is InChI=1S/C27H48FNO2S.N2/c1-3-5-7-9-10-11-12-13-14-16-21-25-27(28,24-20-15-8-6-4-2)29-32(30,31)26-22-18-17-19-23-26;1-2/h17-19,22-23,29H,3-16,20-21,24-25H2,1-2H3;. The van der Waals surface area contributed by atoms with Crippen molar-refractivity contribution in [3.05, 3.63) is 30.3 Å². The SMILES string of the molecule is CCCCCCCCCCCCCC(F)(CCCCCCC)NS(=O)(=O)c1ccccc1.N#N. The van der Waals surface area contributed by atoms with Gasteiger partial charge in [0.1, 0.15) is 0 Å². The zero-order chi connectivity index (χ0) is 25.5. The van der Waals surface area contributed by atoms with Crippen molar-refractivity contribution in [3.8, 4) is 0 Å². The van der Waals surface area contributed by atoms with Crippen LogP contribution in [-0.4, -0.2) is 14.2 Å². The summed E-state index contributed by atoms with van der Waals surface area (Å²) in [5.74, 6) is -1.86. The van der Waals surface area contributed by atoms with E-state index in [1.165, 1.54) is 63.5 Å². The van der Waals surface area contributed by atoms with Gasteiger partial charge in [0.2, 0.25) is 10.0 Å². The second-order valence-corrected chi connectivity index (χ2v) is 11.0. The van der Waals surface area contributed by atoms with Gasteiger partial charge in [-0.05, 0) is 37.8 Å². The predicted molar refractivity (Wildman–Crippen MR) is 139 cm³/mol. The van der Waals surface area contributed by atoms with E-state index in [1.54, 1.807) is 18.2 Å². The molecule has 1 unspecified atom stereocenters. The summed E-state index contributed by atoms with van der Waals surface area (Å²) < 4.78 is 43.7. The molecule has 0 fully saturated rings. The molecule has 0 aromatic heterocycles. The van der Waals surface area contributed by atoms with E-state index < -0.39 is 15.8 Å². The van der Waals surface area contributed by atoms with Gasteiger partial charge < -0.3 is 0 Å². The first-order valence-corrected chi connectivity index (χ1v) is 14.9. The predicted octanol–water partition coefficient (Wildman–Crippen LogP) is 8.72. The van der Waals surface area contributed by atoms with Crippen LogP contribution in [0.25, 0.3) is 0 Å². The number of nitrogens with one attached hydrogen (secondary N) is 1. The van der Waals surface area contributed by atoms with Gasteiger partial charge in [-0.15, -0.1) is 0 Å². The average molecular weight is 498 g/mol. The minimum absolute atomic E-state index is 0.131. The minimum atomic E-state index is -3.85. The Kier molecular flexibility index (Phi) is 19.9. The normalized spacial score (nSPS) is 13.1. The van der Waals surface area contributed by atoms with Crippen molar-refractivity contribution in [1.82, 2.24) is 4.72 Å². The lowest BCUT2D eigenvalue weighted by Crippen LogP contribution is -2.44. The van der Waals surface area contributed by atoms with Crippen molar-refractivity contribution in [3.63, 3.8) is 0 Å². The van der Waals surface area contributed by atoms with Crippen molar-refractivity contribution in [2.24, 2.45) is 0 Å². The van der Waals surface area contributed by atoms with Gasteiger partial charge in [0.25, 0.3) is 0 Å². The maximum Gasteiger partial charge on any atom is 0.243 e. The summed E-state index contributed by atoms with van der Waals surface area (Å²) in [4.78, 5) is 0.131. The molecule has 5 nitrogen and oxygen atoms in total. The van der Waals surface area contributed by atoms with Gasteiger partial charge in [0, 0.05) is 10.8 Å². The Bertz CT molecular complexity index is 713. The smallest absolute Gasteiger partial charge is 0.226 e. The zero-order valence-corrected chi connectivity index (χ0v) is 22.4. The van der Waals surface area contributed by atoms with Crippen LogP contribution in [0.4, 0.5) is 4.39 Å². The Hall–Kier alpha value is -1.52. The fourth-order valence-electron chi connectivity index (χ4n) is 4.20. The van der Waals surface area contributed by atoms with E-state index in [-0.39, 0.29) is 17.7 Å². The highest BCUT2D eigenvalue weighted by Gasteiger charge is 2.34. The van der Waals surface area contributed by atoms with E-state index >= 15 is 4.39 Å². The fraction of sp³-hybridized carbons (Fsp3) is 0.778. The quantitative estimate of drug-likeness (QED) is 0.104. The third-order valence-electron chi connectivity index (χ3n) is 6.22. The second-order valence-electron chi connectivity index (χ2n) is 9.33. The first-order chi connectivity index (χ1) is 16.4. The first kappa shape index (κ1) is 32.5. The van der Waals surface area contributed by atoms with Crippen LogP contribution in [0.3, 0.4) is 0 Å². The minimum Gasteiger partial charge on any atom is -0.226 e. The van der Waals surface area contributed by atoms with Crippen LogP contribution >= 0.6 is 0 Å². The Morgan fingerprint density at radius 2 is 1.03 bits per heavy atom. The maximum atomic E-state index is 15.8. The molecule has 0 heterocycles. The molecule has 1 rings (SSSR count). The van der Waals surface area contributed by atoms with Crippen LogP contribution in [0.15, 0.2) is 35.2 Å². The summed E-state index contributed by atoms with van der Waals surface area (Å²) in [5, 5.41) is 12.0. The van der Waals surface area contributed by atoms with Crippen LogP contribution in [0.1, 0.15) is 129 Å². The number of nitrogens with zero attached hydrogens (tertiary/aromatic N) is 2. The van der Waals surface area contributed by atoms with Gasteiger partial charge in [-0.25, -0.2) is 12.8 Å². The summed E-state index contributed by atoms with van der Waals surface area (Å²) in [6.07, 6.45) is 18.7. The molecule has 0 amide bonds. The van der Waals surface area contributed by atoms with E-state index in [1.807, 2.05) is 0 Å². The van der Waals surface area contributed by atoms with Crippen molar-refractivity contribution in [2.75, 3.05) is 0 Å². The molecule has 0 aliphatic carbocycles. The number of hydrogen-bond acceptors (Lipinski definition) is 4. The average Bonchev–Trinajstić information content (AvgIpc) is 2.84. The van der Waals surface area contributed by atoms with Crippen molar-refractivity contribution < 1.29 is 12.8 Å². The Balaban J connectivity index is 0.00000529. The number of benzene rings is 1. The number of halogens is 1. The number of rotatable bonds is 21. The highest BCUT2D eigenvalue weighted by Crippen LogP contribution is 2.27. The number of hydrogen-bond donors (Lipinski definition) is 1. The van der Waals surface area contributed by atoms with Crippen molar-refractivity contribution >= 4 is 10.0 Å². The molecule has 1 aromatic carbocycles. The first-order valence-electron chi connectivity index (χ1n) is 13.4. The largest absolute Gasteiger partial charge is 0.243 e. The van der Waals surface area contributed by atoms with Gasteiger partial charge in [0.15, 0.2) is 5.79 Å². The van der Waals surface area contributed by atoms with E-state index in [4.69, 9.17) is 10.8 Å². The molecule has 0 aliphatic heterocycles. The molecular weight excluding hydrogens is 449 g/mol. The fourth-order valence-corrected chi connectivity index (χ4v) is 5.52. The molecule has 0 aliphatic rings. The van der Waals surface area contributed by atoms with E-state index in [9.17, 15) is 8.42 Å². The summed E-state index contributed by atoms with van der Waals surface area (Å²) in [6, 6.07) is 8.14. The highest BCUT2D eigenvalue weighted by molar-refractivity contribution is 7.89. The van der Waals surface area contributed by atoms with E-state index in [2.05, 4.69) is 18.6 Å². The summed E-state index contributed by atoms with van der Waals surface area (Å²) in [7, 11) is -3.85. The van der Waals surface area contributed by atoms with E-state index in [0.29, 0.717) is 6.42 Å². The van der Waals surface area contributed by atoms with Crippen LogP contribution in [-0.2, 0) is 10.0 Å². The molecule has 196 valence electrons. The lowest BCUT2D eigenvalue weighted by molar-refractivity contribution is 0.114. The van der Waals surface area contributed by atoms with Gasteiger partial charge in [0.05, 0.1) is 4.90 Å². The van der Waals surface area contributed by atoms with Crippen LogP contribution in [0.2, 0.25) is 0 Å². The Morgan fingerprint density at radius 1 is 0.676 bits per heavy atom. The molecule has 0 bridgehead atoms. The van der Waals surface area contributed by atoms with Crippen LogP contribution < -0.4 is 4.72 Å². The lowest BCUT2D eigenvalue weighted by Gasteiger charge is -2.27. The number of sulfonamides is 1. The highest BCUT2D eigenvalue weighted by atomic mass is 32.2. The number of unbranched alkanes of at least 4 members (excludes halogenated alkanes) is 14. The molecule has 0 saturated carbocycles. The molecule has 7 heteroatoms. The van der Waals surface area contributed by atoms with Crippen molar-refractivity contribution in [1.29, 1.82) is 10.8 Å². The molecule has 0 saturated heterocycles. The van der Waals surface area contributed by atoms with Crippen LogP contribution in [0.5, 0.6) is 0 Å². The lowest BCUT2D eigenvalue weighted by atomic mass is 9.98. The van der Waals surface area contributed by atoms with Gasteiger partial charge in [-0.3, -0.25) is 0 Å². The molecule has 1 N–H and O–H groups in total. The topological polar surface area (TPSA) is 93.8 Å². The van der Waals surface area contributed by atoms with E-state index in [0.717, 1.165) is 44.9 Å². The third-order valence-corrected chi connectivity index (χ3v) is 7.75. The maximum absolute atomic E-state index is 15.8. The van der Waals surface area contributed by atoms with Gasteiger partial charge in [-0.1, -0.05) is 122 Å². The molecular formula is C27H48FN3O2S. The van der Waals surface area contributed by atoms with Crippen LogP contribution in [0, 0.1) is 10.8 Å². The molecule has 0 spiro atoms. The molecule has 1 aromatic rings. The zero-order valence-electron chi connectivity index (χ0n) is 21.6. The monoisotopic (exact) mass is 497 g/mol. The molecule has 1 atom stereocenters. The molecule has 0 radical (unpaired) electrons. The summed E-state index contributed by atoms with van der Waals surface area (Å²) in [6.45, 7) is 4.39. The second kappa shape index (κ2) is 20.8. The van der Waals surface area contributed by atoms with Gasteiger partial charge >= 0.3 is 0 Å². The number of alkyl halides is 1. The van der Waals surface area contributed by atoms with Crippen molar-refractivity contribution in [2.45, 2.75) is 140 Å². The Labute approximate surface area is 208 Å². The summed E-state index contributed by atoms with van der Waals surface area (Å²) >= 11 is 0.